The predicted octanol–water partition coefficient (Wildman–Crippen LogP) is 2.64. The molecule has 0 saturated heterocycles. The molecule has 0 radical (unpaired) electrons. The number of benzene rings is 1. The molecule has 0 amide bonds. The Labute approximate surface area is 157 Å². The molecule has 1 aromatic rings. The van der Waals surface area contributed by atoms with Crippen LogP contribution in [0.2, 0.25) is 0 Å². The molecule has 0 bridgehead atoms. The van der Waals surface area contributed by atoms with Gasteiger partial charge in [-0.15, -0.1) is 24.0 Å². The zero-order chi connectivity index (χ0) is 16.4. The molecule has 1 aromatic carbocycles. The SMILES string of the molecule is CCN(CCNC(=NC)NC(C)COC)c1ccccc1C.I. The average Bonchev–Trinajstić information content (AvgIpc) is 2.51. The van der Waals surface area contributed by atoms with Gasteiger partial charge >= 0.3 is 0 Å². The van der Waals surface area contributed by atoms with E-state index in [-0.39, 0.29) is 30.0 Å². The zero-order valence-electron chi connectivity index (χ0n) is 14.9. The molecule has 6 heteroatoms. The summed E-state index contributed by atoms with van der Waals surface area (Å²) in [5.74, 6) is 0.811. The van der Waals surface area contributed by atoms with E-state index in [1.165, 1.54) is 11.3 Å². The maximum absolute atomic E-state index is 5.13. The van der Waals surface area contributed by atoms with Crippen LogP contribution < -0.4 is 15.5 Å². The minimum absolute atomic E-state index is 0. The zero-order valence-corrected chi connectivity index (χ0v) is 17.3. The summed E-state index contributed by atoms with van der Waals surface area (Å²) in [5, 5.41) is 6.66. The summed E-state index contributed by atoms with van der Waals surface area (Å²) in [6, 6.07) is 8.72. The Morgan fingerprint density at radius 2 is 2.04 bits per heavy atom. The van der Waals surface area contributed by atoms with Crippen LogP contribution in [0.25, 0.3) is 0 Å². The van der Waals surface area contributed by atoms with E-state index < -0.39 is 0 Å². The number of anilines is 1. The third-order valence-corrected chi connectivity index (χ3v) is 3.54. The van der Waals surface area contributed by atoms with Crippen molar-refractivity contribution in [1.29, 1.82) is 0 Å². The fourth-order valence-corrected chi connectivity index (χ4v) is 2.40. The average molecular weight is 434 g/mol. The van der Waals surface area contributed by atoms with Gasteiger partial charge in [-0.3, -0.25) is 4.99 Å². The van der Waals surface area contributed by atoms with Crippen LogP contribution in [0.3, 0.4) is 0 Å². The number of aliphatic imine (C=N–C) groups is 1. The summed E-state index contributed by atoms with van der Waals surface area (Å²) < 4.78 is 5.13. The number of para-hydroxylation sites is 1. The highest BCUT2D eigenvalue weighted by Gasteiger charge is 2.08. The number of hydrogen-bond acceptors (Lipinski definition) is 3. The second-order valence-corrected chi connectivity index (χ2v) is 5.37. The number of hydrogen-bond donors (Lipinski definition) is 2. The van der Waals surface area contributed by atoms with Gasteiger partial charge in [0.25, 0.3) is 0 Å². The van der Waals surface area contributed by atoms with Crippen molar-refractivity contribution in [3.05, 3.63) is 29.8 Å². The fourth-order valence-electron chi connectivity index (χ4n) is 2.40. The van der Waals surface area contributed by atoms with Gasteiger partial charge in [-0.05, 0) is 32.4 Å². The van der Waals surface area contributed by atoms with Gasteiger partial charge in [0, 0.05) is 45.5 Å². The number of aryl methyl sites for hydroxylation is 1. The van der Waals surface area contributed by atoms with Crippen LogP contribution in [-0.2, 0) is 4.74 Å². The second-order valence-electron chi connectivity index (χ2n) is 5.37. The highest BCUT2D eigenvalue weighted by molar-refractivity contribution is 14.0. The Morgan fingerprint density at radius 3 is 2.61 bits per heavy atom. The maximum atomic E-state index is 5.13. The summed E-state index contributed by atoms with van der Waals surface area (Å²) in [6.07, 6.45) is 0. The van der Waals surface area contributed by atoms with E-state index in [4.69, 9.17) is 4.74 Å². The van der Waals surface area contributed by atoms with Crippen molar-refractivity contribution in [2.75, 3.05) is 45.3 Å². The summed E-state index contributed by atoms with van der Waals surface area (Å²) in [7, 11) is 3.49. The standard InChI is InChI=1S/C17H30N4O.HI/c1-6-21(16-10-8-7-9-14(16)2)12-11-19-17(18-4)20-15(3)13-22-5;/h7-10,15H,6,11-13H2,1-5H3,(H2,18,19,20);1H. The van der Waals surface area contributed by atoms with Crippen LogP contribution in [0.1, 0.15) is 19.4 Å². The molecular weight excluding hydrogens is 403 g/mol. The van der Waals surface area contributed by atoms with Gasteiger partial charge in [-0.25, -0.2) is 0 Å². The molecule has 0 aromatic heterocycles. The van der Waals surface area contributed by atoms with E-state index in [0.717, 1.165) is 25.6 Å². The molecule has 1 atom stereocenters. The number of methoxy groups -OCH3 is 1. The molecule has 1 rings (SSSR count). The fraction of sp³-hybridized carbons (Fsp3) is 0.588. The van der Waals surface area contributed by atoms with E-state index >= 15 is 0 Å². The first-order valence-electron chi connectivity index (χ1n) is 7.89. The smallest absolute Gasteiger partial charge is 0.191 e. The molecule has 0 aliphatic carbocycles. The first kappa shape index (κ1) is 22.0. The molecule has 5 nitrogen and oxygen atoms in total. The van der Waals surface area contributed by atoms with E-state index in [2.05, 4.69) is 65.6 Å². The van der Waals surface area contributed by atoms with Crippen molar-refractivity contribution in [2.24, 2.45) is 4.99 Å². The summed E-state index contributed by atoms with van der Waals surface area (Å²) in [4.78, 5) is 6.61. The Balaban J connectivity index is 0.00000484. The van der Waals surface area contributed by atoms with Crippen LogP contribution in [-0.4, -0.2) is 52.4 Å². The van der Waals surface area contributed by atoms with Crippen LogP contribution >= 0.6 is 24.0 Å². The highest BCUT2D eigenvalue weighted by atomic mass is 127. The van der Waals surface area contributed by atoms with Crippen molar-refractivity contribution in [2.45, 2.75) is 26.8 Å². The van der Waals surface area contributed by atoms with Gasteiger partial charge in [0.1, 0.15) is 0 Å². The van der Waals surface area contributed by atoms with E-state index in [1.54, 1.807) is 14.2 Å². The van der Waals surface area contributed by atoms with Crippen molar-refractivity contribution in [3.63, 3.8) is 0 Å². The van der Waals surface area contributed by atoms with Crippen LogP contribution in [0.4, 0.5) is 5.69 Å². The summed E-state index contributed by atoms with van der Waals surface area (Å²) >= 11 is 0. The topological polar surface area (TPSA) is 48.9 Å². The van der Waals surface area contributed by atoms with Gasteiger partial charge in [0.15, 0.2) is 5.96 Å². The predicted molar refractivity (Wildman–Crippen MR) is 110 cm³/mol. The molecule has 0 heterocycles. The Bertz CT molecular complexity index is 468. The number of nitrogens with one attached hydrogen (secondary N) is 2. The second kappa shape index (κ2) is 12.4. The van der Waals surface area contributed by atoms with Crippen molar-refractivity contribution < 1.29 is 4.74 Å². The van der Waals surface area contributed by atoms with Crippen molar-refractivity contribution in [1.82, 2.24) is 10.6 Å². The minimum atomic E-state index is 0. The van der Waals surface area contributed by atoms with Gasteiger partial charge in [-0.2, -0.15) is 0 Å². The molecule has 132 valence electrons. The molecular formula is C17H31IN4O. The lowest BCUT2D eigenvalue weighted by atomic mass is 10.2. The van der Waals surface area contributed by atoms with E-state index in [1.807, 2.05) is 0 Å². The van der Waals surface area contributed by atoms with Gasteiger partial charge < -0.3 is 20.3 Å². The lowest BCUT2D eigenvalue weighted by molar-refractivity contribution is 0.179. The Hall–Kier alpha value is -1.02. The normalized spacial score (nSPS) is 12.3. The number of halogens is 1. The Morgan fingerprint density at radius 1 is 1.35 bits per heavy atom. The molecule has 23 heavy (non-hydrogen) atoms. The lowest BCUT2D eigenvalue weighted by Gasteiger charge is -2.26. The minimum Gasteiger partial charge on any atom is -0.383 e. The first-order valence-corrected chi connectivity index (χ1v) is 7.89. The summed E-state index contributed by atoms with van der Waals surface area (Å²) in [5.41, 5.74) is 2.60. The first-order chi connectivity index (χ1) is 10.6. The third-order valence-electron chi connectivity index (χ3n) is 3.54. The number of rotatable bonds is 8. The van der Waals surface area contributed by atoms with Crippen molar-refractivity contribution in [3.8, 4) is 0 Å². The van der Waals surface area contributed by atoms with Crippen LogP contribution in [0.5, 0.6) is 0 Å². The van der Waals surface area contributed by atoms with E-state index in [0.29, 0.717) is 6.61 Å². The number of nitrogens with zero attached hydrogens (tertiary/aromatic N) is 2. The maximum Gasteiger partial charge on any atom is 0.191 e. The molecule has 0 spiro atoms. The monoisotopic (exact) mass is 434 g/mol. The summed E-state index contributed by atoms with van der Waals surface area (Å²) in [6.45, 7) is 9.81. The van der Waals surface area contributed by atoms with Gasteiger partial charge in [0.05, 0.1) is 6.61 Å². The third kappa shape index (κ3) is 7.87. The van der Waals surface area contributed by atoms with Gasteiger partial charge in [-0.1, -0.05) is 18.2 Å². The lowest BCUT2D eigenvalue weighted by Crippen LogP contribution is -2.46. The molecule has 0 fully saturated rings. The van der Waals surface area contributed by atoms with Gasteiger partial charge in [0.2, 0.25) is 0 Å². The Kier molecular flexibility index (Phi) is 11.9. The highest BCUT2D eigenvalue weighted by Crippen LogP contribution is 2.18. The largest absolute Gasteiger partial charge is 0.383 e. The number of ether oxygens (including phenoxy) is 1. The number of guanidine groups is 1. The van der Waals surface area contributed by atoms with E-state index in [9.17, 15) is 0 Å². The van der Waals surface area contributed by atoms with Crippen LogP contribution in [0, 0.1) is 6.92 Å². The molecule has 0 aliphatic heterocycles. The molecule has 0 saturated carbocycles. The molecule has 0 aliphatic rings. The molecule has 2 N–H and O–H groups in total. The quantitative estimate of drug-likeness (QED) is 0.375. The van der Waals surface area contributed by atoms with Crippen molar-refractivity contribution >= 4 is 35.6 Å². The van der Waals surface area contributed by atoms with Crippen LogP contribution in [0.15, 0.2) is 29.3 Å². The molecule has 1 unspecified atom stereocenters. The number of likely N-dealkylation sites (N-methyl/N-ethyl adjacent to an activating group) is 1.